The quantitative estimate of drug-likeness (QED) is 0.659. The maximum Gasteiger partial charge on any atom is 0.238 e. The average Bonchev–Trinajstić information content (AvgIpc) is 3.23. The fourth-order valence-corrected chi connectivity index (χ4v) is 4.74. The van der Waals surface area contributed by atoms with E-state index in [1.807, 2.05) is 12.1 Å². The second kappa shape index (κ2) is 8.68. The molecule has 2 aromatic carbocycles. The highest BCUT2D eigenvalue weighted by molar-refractivity contribution is 7.10. The van der Waals surface area contributed by atoms with Crippen LogP contribution in [-0.4, -0.2) is 38.1 Å². The molecule has 0 saturated heterocycles. The average molecular weight is 409 g/mol. The van der Waals surface area contributed by atoms with Gasteiger partial charge in [0, 0.05) is 17.5 Å². The zero-order chi connectivity index (χ0) is 20.2. The van der Waals surface area contributed by atoms with Gasteiger partial charge >= 0.3 is 0 Å². The first-order valence-corrected chi connectivity index (χ1v) is 10.4. The van der Waals surface area contributed by atoms with Crippen molar-refractivity contribution in [1.29, 1.82) is 0 Å². The Morgan fingerprint density at radius 3 is 2.72 bits per heavy atom. The number of hydrogen-bond donors (Lipinski definition) is 1. The summed E-state index contributed by atoms with van der Waals surface area (Å²) in [6, 6.07) is 18.1. The molecule has 29 heavy (non-hydrogen) atoms. The van der Waals surface area contributed by atoms with E-state index in [4.69, 9.17) is 9.47 Å². The van der Waals surface area contributed by atoms with E-state index in [1.165, 1.54) is 16.0 Å². The summed E-state index contributed by atoms with van der Waals surface area (Å²) in [5.41, 5.74) is 3.16. The van der Waals surface area contributed by atoms with Crippen molar-refractivity contribution in [3.63, 3.8) is 0 Å². The van der Waals surface area contributed by atoms with Gasteiger partial charge in [-0.15, -0.1) is 11.3 Å². The zero-order valence-electron chi connectivity index (χ0n) is 16.6. The number of amides is 1. The number of nitrogens with one attached hydrogen (secondary N) is 1. The fraction of sp³-hybridized carbons (Fsp3) is 0.261. The van der Waals surface area contributed by atoms with E-state index in [1.54, 1.807) is 37.7 Å². The third-order valence-corrected chi connectivity index (χ3v) is 6.21. The maximum atomic E-state index is 12.9. The van der Waals surface area contributed by atoms with Gasteiger partial charge in [-0.1, -0.05) is 30.3 Å². The number of hydrogen-bond acceptors (Lipinski definition) is 5. The van der Waals surface area contributed by atoms with E-state index < -0.39 is 0 Å². The van der Waals surface area contributed by atoms with Crippen molar-refractivity contribution in [1.82, 2.24) is 4.90 Å². The number of thiophene rings is 1. The van der Waals surface area contributed by atoms with E-state index in [9.17, 15) is 4.79 Å². The topological polar surface area (TPSA) is 50.8 Å². The molecule has 150 valence electrons. The highest BCUT2D eigenvalue weighted by Crippen LogP contribution is 2.37. The first-order chi connectivity index (χ1) is 14.2. The molecule has 1 aliphatic heterocycles. The molecule has 3 aromatic rings. The van der Waals surface area contributed by atoms with Crippen molar-refractivity contribution >= 4 is 22.9 Å². The van der Waals surface area contributed by atoms with Crippen LogP contribution in [0.2, 0.25) is 0 Å². The molecule has 0 bridgehead atoms. The van der Waals surface area contributed by atoms with Crippen molar-refractivity contribution in [2.75, 3.05) is 32.6 Å². The standard InChI is InChI=1S/C23H24N2O3S/c1-27-17-8-9-19(20(14-17)28-2)24-22(26)15-25-12-10-21-18(11-13-29-21)23(25)16-6-4-3-5-7-16/h3-9,11,13-14,23H,10,12,15H2,1-2H3,(H,24,26)/t23-/m0/s1. The molecule has 1 amide bonds. The van der Waals surface area contributed by atoms with Crippen LogP contribution in [0, 0.1) is 0 Å². The minimum absolute atomic E-state index is 0.0620. The molecule has 2 heterocycles. The molecule has 0 radical (unpaired) electrons. The van der Waals surface area contributed by atoms with Crippen LogP contribution >= 0.6 is 11.3 Å². The molecule has 0 aliphatic carbocycles. The van der Waals surface area contributed by atoms with Crippen LogP contribution < -0.4 is 14.8 Å². The monoisotopic (exact) mass is 408 g/mol. The molecule has 4 rings (SSSR count). The minimum atomic E-state index is -0.0620. The predicted octanol–water partition coefficient (Wildman–Crippen LogP) is 4.35. The van der Waals surface area contributed by atoms with Crippen LogP contribution in [-0.2, 0) is 11.2 Å². The first-order valence-electron chi connectivity index (χ1n) is 9.56. The normalized spacial score (nSPS) is 16.1. The Morgan fingerprint density at radius 2 is 1.97 bits per heavy atom. The Balaban J connectivity index is 1.54. The maximum absolute atomic E-state index is 12.9. The fourth-order valence-electron chi connectivity index (χ4n) is 3.84. The van der Waals surface area contributed by atoms with Gasteiger partial charge < -0.3 is 14.8 Å². The third-order valence-electron chi connectivity index (χ3n) is 5.21. The van der Waals surface area contributed by atoms with Gasteiger partial charge in [0.05, 0.1) is 32.5 Å². The van der Waals surface area contributed by atoms with Crippen LogP contribution in [0.4, 0.5) is 5.69 Å². The number of benzene rings is 2. The SMILES string of the molecule is COc1ccc(NC(=O)CN2CCc3sccc3[C@@H]2c2ccccc2)c(OC)c1. The van der Waals surface area contributed by atoms with Gasteiger partial charge in [0.1, 0.15) is 11.5 Å². The van der Waals surface area contributed by atoms with Gasteiger partial charge in [0.15, 0.2) is 0 Å². The number of carbonyl (C=O) groups excluding carboxylic acids is 1. The summed E-state index contributed by atoms with van der Waals surface area (Å²) in [6.07, 6.45) is 0.968. The predicted molar refractivity (Wildman–Crippen MR) is 116 cm³/mol. The second-order valence-electron chi connectivity index (χ2n) is 6.95. The summed E-state index contributed by atoms with van der Waals surface area (Å²) in [5.74, 6) is 1.20. The van der Waals surface area contributed by atoms with Crippen molar-refractivity contribution in [3.8, 4) is 11.5 Å². The Kier molecular flexibility index (Phi) is 5.83. The third kappa shape index (κ3) is 4.13. The number of nitrogens with zero attached hydrogens (tertiary/aromatic N) is 1. The van der Waals surface area contributed by atoms with Crippen molar-refractivity contribution in [2.45, 2.75) is 12.5 Å². The summed E-state index contributed by atoms with van der Waals surface area (Å²) >= 11 is 1.80. The van der Waals surface area contributed by atoms with Gasteiger partial charge in [-0.25, -0.2) is 0 Å². The van der Waals surface area contributed by atoms with Gasteiger partial charge in [-0.2, -0.15) is 0 Å². The summed E-state index contributed by atoms with van der Waals surface area (Å²) in [4.78, 5) is 16.5. The lowest BCUT2D eigenvalue weighted by Gasteiger charge is -2.35. The van der Waals surface area contributed by atoms with Crippen molar-refractivity contribution in [3.05, 3.63) is 76.0 Å². The number of ether oxygens (including phenoxy) is 2. The number of anilines is 1. The lowest BCUT2D eigenvalue weighted by Crippen LogP contribution is -2.40. The first kappa shape index (κ1) is 19.5. The lowest BCUT2D eigenvalue weighted by molar-refractivity contribution is -0.117. The molecule has 1 N–H and O–H groups in total. The van der Waals surface area contributed by atoms with Gasteiger partial charge in [-0.3, -0.25) is 9.69 Å². The molecule has 0 fully saturated rings. The molecule has 1 atom stereocenters. The molecular weight excluding hydrogens is 384 g/mol. The summed E-state index contributed by atoms with van der Waals surface area (Å²) < 4.78 is 10.6. The van der Waals surface area contributed by atoms with Crippen LogP contribution in [0.15, 0.2) is 60.0 Å². The Hall–Kier alpha value is -2.83. The Morgan fingerprint density at radius 1 is 1.14 bits per heavy atom. The summed E-state index contributed by atoms with van der Waals surface area (Å²) in [5, 5.41) is 5.14. The van der Waals surface area contributed by atoms with Crippen LogP contribution in [0.5, 0.6) is 11.5 Å². The largest absolute Gasteiger partial charge is 0.497 e. The molecule has 0 unspecified atom stereocenters. The van der Waals surface area contributed by atoms with Crippen LogP contribution in [0.1, 0.15) is 22.0 Å². The lowest BCUT2D eigenvalue weighted by atomic mass is 9.93. The van der Waals surface area contributed by atoms with Crippen LogP contribution in [0.3, 0.4) is 0 Å². The van der Waals surface area contributed by atoms with Crippen LogP contribution in [0.25, 0.3) is 0 Å². The number of rotatable bonds is 6. The smallest absolute Gasteiger partial charge is 0.238 e. The molecule has 0 spiro atoms. The van der Waals surface area contributed by atoms with E-state index in [0.29, 0.717) is 23.7 Å². The molecule has 1 aliphatic rings. The number of methoxy groups -OCH3 is 2. The van der Waals surface area contributed by atoms with E-state index in [0.717, 1.165) is 13.0 Å². The highest BCUT2D eigenvalue weighted by Gasteiger charge is 2.30. The van der Waals surface area contributed by atoms with Gasteiger partial charge in [0.2, 0.25) is 5.91 Å². The molecular formula is C23H24N2O3S. The van der Waals surface area contributed by atoms with Gasteiger partial charge in [0.25, 0.3) is 0 Å². The zero-order valence-corrected chi connectivity index (χ0v) is 17.4. The Bertz CT molecular complexity index is 987. The Labute approximate surface area is 174 Å². The molecule has 0 saturated carbocycles. The number of fused-ring (bicyclic) bond motifs is 1. The minimum Gasteiger partial charge on any atom is -0.497 e. The van der Waals surface area contributed by atoms with Gasteiger partial charge in [-0.05, 0) is 41.1 Å². The molecule has 5 nitrogen and oxygen atoms in total. The highest BCUT2D eigenvalue weighted by atomic mass is 32.1. The molecule has 6 heteroatoms. The van der Waals surface area contributed by atoms with E-state index >= 15 is 0 Å². The van der Waals surface area contributed by atoms with Crippen molar-refractivity contribution in [2.24, 2.45) is 0 Å². The summed E-state index contributed by atoms with van der Waals surface area (Å²) in [6.45, 7) is 1.16. The summed E-state index contributed by atoms with van der Waals surface area (Å²) in [7, 11) is 3.18. The number of carbonyl (C=O) groups is 1. The van der Waals surface area contributed by atoms with E-state index in [-0.39, 0.29) is 11.9 Å². The molecule has 1 aromatic heterocycles. The van der Waals surface area contributed by atoms with E-state index in [2.05, 4.69) is 45.9 Å². The van der Waals surface area contributed by atoms with Crippen molar-refractivity contribution < 1.29 is 14.3 Å². The second-order valence-corrected chi connectivity index (χ2v) is 7.95.